The van der Waals surface area contributed by atoms with E-state index in [1.165, 1.54) is 0 Å². The Kier molecular flexibility index (Phi) is 3.58. The molecule has 4 heteroatoms. The van der Waals surface area contributed by atoms with Crippen LogP contribution in [0.15, 0.2) is 24.3 Å². The molecule has 0 aliphatic carbocycles. The summed E-state index contributed by atoms with van der Waals surface area (Å²) in [6, 6.07) is 6.82. The van der Waals surface area contributed by atoms with E-state index in [2.05, 4.69) is 0 Å². The number of halogens is 1. The standard InChI is InChI=1S/C11H13ClO3/c1-11(2,10(13)14)7-15-9-5-3-8(12)4-6-9/h3-6H,7H2,1-2H3,(H,13,14). The minimum absolute atomic E-state index is 0.129. The lowest BCUT2D eigenvalue weighted by molar-refractivity contribution is -0.148. The molecule has 1 aromatic carbocycles. The normalized spacial score (nSPS) is 11.1. The summed E-state index contributed by atoms with van der Waals surface area (Å²) in [5, 5.41) is 9.49. The van der Waals surface area contributed by atoms with Gasteiger partial charge in [0.05, 0.1) is 5.41 Å². The Morgan fingerprint density at radius 1 is 1.40 bits per heavy atom. The molecule has 0 fully saturated rings. The highest BCUT2D eigenvalue weighted by molar-refractivity contribution is 6.30. The predicted molar refractivity (Wildman–Crippen MR) is 58.4 cm³/mol. The first-order valence-corrected chi connectivity index (χ1v) is 4.91. The Morgan fingerprint density at radius 2 is 1.93 bits per heavy atom. The number of hydrogen-bond donors (Lipinski definition) is 1. The summed E-state index contributed by atoms with van der Waals surface area (Å²) in [7, 11) is 0. The van der Waals surface area contributed by atoms with Crippen molar-refractivity contribution in [1.29, 1.82) is 0 Å². The first-order valence-electron chi connectivity index (χ1n) is 4.53. The molecule has 1 aromatic rings. The van der Waals surface area contributed by atoms with Crippen LogP contribution in [0.3, 0.4) is 0 Å². The number of hydrogen-bond acceptors (Lipinski definition) is 2. The van der Waals surface area contributed by atoms with Gasteiger partial charge in [0.25, 0.3) is 0 Å². The molecule has 0 aliphatic rings. The molecule has 0 aliphatic heterocycles. The quantitative estimate of drug-likeness (QED) is 0.862. The van der Waals surface area contributed by atoms with Crippen molar-refractivity contribution in [2.24, 2.45) is 5.41 Å². The minimum Gasteiger partial charge on any atom is -0.492 e. The summed E-state index contributed by atoms with van der Waals surface area (Å²) in [6.45, 7) is 3.36. The molecule has 0 heterocycles. The molecule has 0 saturated heterocycles. The number of benzene rings is 1. The van der Waals surface area contributed by atoms with Gasteiger partial charge in [-0.25, -0.2) is 0 Å². The molecule has 0 amide bonds. The van der Waals surface area contributed by atoms with Crippen molar-refractivity contribution in [3.8, 4) is 5.75 Å². The fourth-order valence-corrected chi connectivity index (χ4v) is 0.982. The number of carbonyl (C=O) groups is 1. The second kappa shape index (κ2) is 4.53. The summed E-state index contributed by atoms with van der Waals surface area (Å²) < 4.78 is 5.35. The van der Waals surface area contributed by atoms with Gasteiger partial charge in [-0.2, -0.15) is 0 Å². The molecule has 0 radical (unpaired) electrons. The number of aliphatic carboxylic acids is 1. The van der Waals surface area contributed by atoms with Crippen LogP contribution in [0.1, 0.15) is 13.8 Å². The van der Waals surface area contributed by atoms with Gasteiger partial charge in [0, 0.05) is 5.02 Å². The maximum atomic E-state index is 10.8. The maximum Gasteiger partial charge on any atom is 0.312 e. The van der Waals surface area contributed by atoms with E-state index in [4.69, 9.17) is 21.4 Å². The van der Waals surface area contributed by atoms with Crippen LogP contribution in [-0.4, -0.2) is 17.7 Å². The SMILES string of the molecule is CC(C)(COc1ccc(Cl)cc1)C(=O)O. The molecule has 15 heavy (non-hydrogen) atoms. The Hall–Kier alpha value is -1.22. The molecule has 1 rings (SSSR count). The number of ether oxygens (including phenoxy) is 1. The van der Waals surface area contributed by atoms with Crippen molar-refractivity contribution >= 4 is 17.6 Å². The lowest BCUT2D eigenvalue weighted by Crippen LogP contribution is -2.30. The van der Waals surface area contributed by atoms with Gasteiger partial charge in [-0.1, -0.05) is 11.6 Å². The largest absolute Gasteiger partial charge is 0.492 e. The zero-order valence-electron chi connectivity index (χ0n) is 8.66. The summed E-state index contributed by atoms with van der Waals surface area (Å²) in [5.74, 6) is -0.259. The Balaban J connectivity index is 2.57. The highest BCUT2D eigenvalue weighted by Gasteiger charge is 2.27. The lowest BCUT2D eigenvalue weighted by Gasteiger charge is -2.19. The van der Waals surface area contributed by atoms with E-state index in [1.807, 2.05) is 0 Å². The number of carboxylic acids is 1. The van der Waals surface area contributed by atoms with Gasteiger partial charge in [0.1, 0.15) is 12.4 Å². The van der Waals surface area contributed by atoms with Crippen LogP contribution < -0.4 is 4.74 Å². The molecule has 0 aromatic heterocycles. The van der Waals surface area contributed by atoms with Crippen molar-refractivity contribution in [3.63, 3.8) is 0 Å². The molecular formula is C11H13ClO3. The summed E-state index contributed by atoms with van der Waals surface area (Å²) in [6.07, 6.45) is 0. The van der Waals surface area contributed by atoms with E-state index in [-0.39, 0.29) is 6.61 Å². The fourth-order valence-electron chi connectivity index (χ4n) is 0.856. The zero-order chi connectivity index (χ0) is 11.5. The topological polar surface area (TPSA) is 46.5 Å². The number of rotatable bonds is 4. The third-order valence-corrected chi connectivity index (χ3v) is 2.24. The van der Waals surface area contributed by atoms with Crippen LogP contribution in [0.4, 0.5) is 0 Å². The van der Waals surface area contributed by atoms with Gasteiger partial charge in [-0.3, -0.25) is 4.79 Å². The van der Waals surface area contributed by atoms with Crippen molar-refractivity contribution in [3.05, 3.63) is 29.3 Å². The van der Waals surface area contributed by atoms with E-state index in [9.17, 15) is 4.79 Å². The molecule has 0 saturated carbocycles. The summed E-state index contributed by atoms with van der Waals surface area (Å²) >= 11 is 5.70. The van der Waals surface area contributed by atoms with Crippen molar-refractivity contribution in [2.75, 3.05) is 6.61 Å². The molecule has 82 valence electrons. The van der Waals surface area contributed by atoms with Crippen molar-refractivity contribution in [2.45, 2.75) is 13.8 Å². The van der Waals surface area contributed by atoms with Gasteiger partial charge in [-0.05, 0) is 38.1 Å². The first kappa shape index (κ1) is 11.9. The molecule has 0 bridgehead atoms. The predicted octanol–water partition coefficient (Wildman–Crippen LogP) is 2.83. The monoisotopic (exact) mass is 228 g/mol. The third kappa shape index (κ3) is 3.44. The van der Waals surface area contributed by atoms with Gasteiger partial charge < -0.3 is 9.84 Å². The van der Waals surface area contributed by atoms with E-state index in [0.717, 1.165) is 0 Å². The van der Waals surface area contributed by atoms with Crippen LogP contribution in [0.5, 0.6) is 5.75 Å². The average molecular weight is 229 g/mol. The van der Waals surface area contributed by atoms with Gasteiger partial charge in [0.2, 0.25) is 0 Å². The molecule has 1 N–H and O–H groups in total. The lowest BCUT2D eigenvalue weighted by atomic mass is 9.95. The Bertz CT molecular complexity index is 343. The summed E-state index contributed by atoms with van der Waals surface area (Å²) in [4.78, 5) is 10.8. The summed E-state index contributed by atoms with van der Waals surface area (Å²) in [5.41, 5.74) is -0.889. The first-order chi connectivity index (χ1) is 6.92. The van der Waals surface area contributed by atoms with Crippen LogP contribution in [0.2, 0.25) is 5.02 Å². The average Bonchev–Trinajstić information content (AvgIpc) is 2.17. The minimum atomic E-state index is -0.889. The molecule has 0 unspecified atom stereocenters. The second-order valence-electron chi connectivity index (χ2n) is 3.93. The van der Waals surface area contributed by atoms with E-state index in [1.54, 1.807) is 38.1 Å². The Morgan fingerprint density at radius 3 is 2.40 bits per heavy atom. The van der Waals surface area contributed by atoms with E-state index < -0.39 is 11.4 Å². The van der Waals surface area contributed by atoms with Crippen molar-refractivity contribution in [1.82, 2.24) is 0 Å². The molecule has 0 atom stereocenters. The Labute approximate surface area is 93.6 Å². The fraction of sp³-hybridized carbons (Fsp3) is 0.364. The van der Waals surface area contributed by atoms with Crippen LogP contribution in [-0.2, 0) is 4.79 Å². The molecule has 3 nitrogen and oxygen atoms in total. The smallest absolute Gasteiger partial charge is 0.312 e. The molecular weight excluding hydrogens is 216 g/mol. The van der Waals surface area contributed by atoms with Crippen LogP contribution in [0, 0.1) is 5.41 Å². The van der Waals surface area contributed by atoms with E-state index >= 15 is 0 Å². The van der Waals surface area contributed by atoms with Gasteiger partial charge in [0.15, 0.2) is 0 Å². The van der Waals surface area contributed by atoms with Gasteiger partial charge >= 0.3 is 5.97 Å². The second-order valence-corrected chi connectivity index (χ2v) is 4.37. The van der Waals surface area contributed by atoms with Crippen LogP contribution in [0.25, 0.3) is 0 Å². The van der Waals surface area contributed by atoms with Crippen molar-refractivity contribution < 1.29 is 14.6 Å². The third-order valence-electron chi connectivity index (χ3n) is 1.99. The number of carboxylic acid groups (broad SMARTS) is 1. The highest BCUT2D eigenvalue weighted by Crippen LogP contribution is 2.20. The molecule has 0 spiro atoms. The highest BCUT2D eigenvalue weighted by atomic mass is 35.5. The van der Waals surface area contributed by atoms with E-state index in [0.29, 0.717) is 10.8 Å². The van der Waals surface area contributed by atoms with Crippen LogP contribution >= 0.6 is 11.6 Å². The van der Waals surface area contributed by atoms with Gasteiger partial charge in [-0.15, -0.1) is 0 Å². The maximum absolute atomic E-state index is 10.8. The zero-order valence-corrected chi connectivity index (χ0v) is 9.41.